The van der Waals surface area contributed by atoms with Crippen LogP contribution >= 0.6 is 0 Å². The monoisotopic (exact) mass is 752 g/mol. The van der Waals surface area contributed by atoms with Gasteiger partial charge in [-0.25, -0.2) is 0 Å². The standard InChI is InChI=1S/C55H36N4/c1-55(2)49-11-7-6-10-47(49)48-27-26-46(32-50(48)55)58(43-20-14-38(15-21-43)37-8-4-3-5-9-37)44-22-16-39(17-23-44)40-18-24-45(25-19-40)59-51-30-35(33-56)28-41-12-13-42-29-36(34-57)31-52(59)54(42)53(41)51/h3-32H,1-2H3. The Morgan fingerprint density at radius 3 is 1.47 bits per heavy atom. The maximum absolute atomic E-state index is 9.91. The van der Waals surface area contributed by atoms with Gasteiger partial charge in [0.25, 0.3) is 0 Å². The highest BCUT2D eigenvalue weighted by Gasteiger charge is 2.35. The van der Waals surface area contributed by atoms with Crippen LogP contribution in [-0.4, -0.2) is 4.57 Å². The van der Waals surface area contributed by atoms with Gasteiger partial charge in [-0.3, -0.25) is 0 Å². The fourth-order valence-electron chi connectivity index (χ4n) is 9.49. The first kappa shape index (κ1) is 34.3. The Morgan fingerprint density at radius 2 is 0.915 bits per heavy atom. The zero-order valence-corrected chi connectivity index (χ0v) is 32.6. The first-order chi connectivity index (χ1) is 28.9. The Morgan fingerprint density at radius 1 is 0.441 bits per heavy atom. The maximum Gasteiger partial charge on any atom is 0.0992 e. The molecule has 276 valence electrons. The highest BCUT2D eigenvalue weighted by Crippen LogP contribution is 2.51. The molecular formula is C55H36N4. The lowest BCUT2D eigenvalue weighted by molar-refractivity contribution is 0.660. The Kier molecular flexibility index (Phi) is 7.61. The Balaban J connectivity index is 0.983. The lowest BCUT2D eigenvalue weighted by Crippen LogP contribution is -2.16. The molecule has 0 spiro atoms. The smallest absolute Gasteiger partial charge is 0.0992 e. The second-order valence-electron chi connectivity index (χ2n) is 16.1. The van der Waals surface area contributed by atoms with Gasteiger partial charge in [0, 0.05) is 38.9 Å². The lowest BCUT2D eigenvalue weighted by Gasteiger charge is -2.28. The van der Waals surface area contributed by atoms with E-state index in [-0.39, 0.29) is 5.41 Å². The largest absolute Gasteiger partial charge is 0.310 e. The number of hydrogen-bond acceptors (Lipinski definition) is 3. The minimum absolute atomic E-state index is 0.117. The Labute approximate surface area is 343 Å². The predicted molar refractivity (Wildman–Crippen MR) is 242 cm³/mol. The van der Waals surface area contributed by atoms with Crippen LogP contribution in [0.3, 0.4) is 0 Å². The molecule has 1 heterocycles. The number of benzene rings is 9. The third-order valence-electron chi connectivity index (χ3n) is 12.4. The molecule has 0 radical (unpaired) electrons. The van der Waals surface area contributed by atoms with E-state index in [1.807, 2.05) is 36.4 Å². The molecule has 0 unspecified atom stereocenters. The molecule has 0 bridgehead atoms. The summed E-state index contributed by atoms with van der Waals surface area (Å²) in [6.45, 7) is 4.66. The van der Waals surface area contributed by atoms with Gasteiger partial charge >= 0.3 is 0 Å². The van der Waals surface area contributed by atoms with Gasteiger partial charge in [0.15, 0.2) is 0 Å². The molecule has 10 aromatic rings. The summed E-state index contributed by atoms with van der Waals surface area (Å²) in [7, 11) is 0. The molecule has 4 nitrogen and oxygen atoms in total. The van der Waals surface area contributed by atoms with Crippen LogP contribution in [0.2, 0.25) is 0 Å². The maximum atomic E-state index is 9.91. The predicted octanol–water partition coefficient (Wildman–Crippen LogP) is 14.2. The van der Waals surface area contributed by atoms with Gasteiger partial charge in [-0.05, 0) is 128 Å². The van der Waals surface area contributed by atoms with Crippen molar-refractivity contribution in [3.8, 4) is 51.2 Å². The minimum atomic E-state index is -0.117. The van der Waals surface area contributed by atoms with Crippen LogP contribution in [0.5, 0.6) is 0 Å². The Bertz CT molecular complexity index is 3250. The van der Waals surface area contributed by atoms with E-state index in [0.717, 1.165) is 66.5 Å². The van der Waals surface area contributed by atoms with Crippen molar-refractivity contribution in [3.63, 3.8) is 0 Å². The van der Waals surface area contributed by atoms with E-state index in [2.05, 4.69) is 181 Å². The zero-order valence-electron chi connectivity index (χ0n) is 32.6. The summed E-state index contributed by atoms with van der Waals surface area (Å²) in [6, 6.07) is 69.1. The minimum Gasteiger partial charge on any atom is -0.310 e. The summed E-state index contributed by atoms with van der Waals surface area (Å²) in [5, 5.41) is 24.1. The van der Waals surface area contributed by atoms with E-state index < -0.39 is 0 Å². The van der Waals surface area contributed by atoms with E-state index in [9.17, 15) is 10.5 Å². The van der Waals surface area contributed by atoms with Crippen molar-refractivity contribution in [1.82, 2.24) is 4.57 Å². The van der Waals surface area contributed by atoms with Crippen LogP contribution in [-0.2, 0) is 5.41 Å². The van der Waals surface area contributed by atoms with Crippen molar-refractivity contribution in [2.45, 2.75) is 19.3 Å². The number of nitriles is 2. The average Bonchev–Trinajstić information content (AvgIpc) is 3.74. The molecule has 11 rings (SSSR count). The van der Waals surface area contributed by atoms with Crippen molar-refractivity contribution in [3.05, 3.63) is 204 Å². The molecule has 1 aliphatic carbocycles. The first-order valence-electron chi connectivity index (χ1n) is 19.9. The zero-order chi connectivity index (χ0) is 39.8. The third kappa shape index (κ3) is 5.35. The van der Waals surface area contributed by atoms with Gasteiger partial charge in [-0.15, -0.1) is 0 Å². The number of nitrogens with zero attached hydrogens (tertiary/aromatic N) is 4. The van der Waals surface area contributed by atoms with E-state index >= 15 is 0 Å². The quantitative estimate of drug-likeness (QED) is 0.159. The van der Waals surface area contributed by atoms with Crippen molar-refractivity contribution in [1.29, 1.82) is 10.5 Å². The molecule has 0 saturated heterocycles. The van der Waals surface area contributed by atoms with Crippen molar-refractivity contribution < 1.29 is 0 Å². The number of fused-ring (bicyclic) bond motifs is 3. The summed E-state index contributed by atoms with van der Waals surface area (Å²) in [5.74, 6) is 0. The molecular weight excluding hydrogens is 717 g/mol. The summed E-state index contributed by atoms with van der Waals surface area (Å²) in [4.78, 5) is 2.36. The average molecular weight is 753 g/mol. The number of rotatable bonds is 6. The summed E-state index contributed by atoms with van der Waals surface area (Å²) in [6.07, 6.45) is 0. The van der Waals surface area contributed by atoms with Gasteiger partial charge in [-0.1, -0.05) is 123 Å². The van der Waals surface area contributed by atoms with E-state index in [1.165, 1.54) is 33.4 Å². The highest BCUT2D eigenvalue weighted by atomic mass is 15.1. The Hall–Kier alpha value is -7.92. The van der Waals surface area contributed by atoms with Crippen molar-refractivity contribution in [2.24, 2.45) is 0 Å². The van der Waals surface area contributed by atoms with Gasteiger partial charge < -0.3 is 9.47 Å². The van der Waals surface area contributed by atoms with E-state index in [0.29, 0.717) is 11.1 Å². The van der Waals surface area contributed by atoms with Gasteiger partial charge in [0.1, 0.15) is 0 Å². The molecule has 0 saturated carbocycles. The summed E-state index contributed by atoms with van der Waals surface area (Å²) < 4.78 is 2.19. The number of hydrogen-bond donors (Lipinski definition) is 0. The number of anilines is 3. The van der Waals surface area contributed by atoms with Gasteiger partial charge in [-0.2, -0.15) is 10.5 Å². The molecule has 4 heteroatoms. The second-order valence-corrected chi connectivity index (χ2v) is 16.1. The van der Waals surface area contributed by atoms with E-state index in [1.54, 1.807) is 0 Å². The van der Waals surface area contributed by atoms with Crippen LogP contribution in [0.25, 0.3) is 71.6 Å². The summed E-state index contributed by atoms with van der Waals surface area (Å²) in [5.41, 5.74) is 17.2. The molecule has 0 fully saturated rings. The molecule has 1 aromatic heterocycles. The topological polar surface area (TPSA) is 55.8 Å². The van der Waals surface area contributed by atoms with Gasteiger partial charge in [0.05, 0.1) is 34.3 Å². The van der Waals surface area contributed by atoms with Crippen molar-refractivity contribution >= 4 is 49.6 Å². The molecule has 9 aromatic carbocycles. The molecule has 0 amide bonds. The highest BCUT2D eigenvalue weighted by molar-refractivity contribution is 6.24. The van der Waals surface area contributed by atoms with Gasteiger partial charge in [0.2, 0.25) is 0 Å². The second kappa shape index (κ2) is 13.1. The molecule has 1 aliphatic rings. The molecule has 59 heavy (non-hydrogen) atoms. The summed E-state index contributed by atoms with van der Waals surface area (Å²) >= 11 is 0. The molecule has 0 N–H and O–H groups in total. The van der Waals surface area contributed by atoms with Crippen LogP contribution in [0, 0.1) is 22.7 Å². The fraction of sp³-hybridized carbons (Fsp3) is 0.0545. The first-order valence-corrected chi connectivity index (χ1v) is 19.9. The molecule has 0 atom stereocenters. The van der Waals surface area contributed by atoms with Crippen LogP contribution < -0.4 is 4.90 Å². The third-order valence-corrected chi connectivity index (χ3v) is 12.4. The fourth-order valence-corrected chi connectivity index (χ4v) is 9.49. The molecule has 0 aliphatic heterocycles. The lowest BCUT2D eigenvalue weighted by atomic mass is 9.82. The van der Waals surface area contributed by atoms with Crippen LogP contribution in [0.1, 0.15) is 36.1 Å². The van der Waals surface area contributed by atoms with Crippen molar-refractivity contribution in [2.75, 3.05) is 4.90 Å². The van der Waals surface area contributed by atoms with Crippen LogP contribution in [0.15, 0.2) is 182 Å². The number of aromatic nitrogens is 1. The van der Waals surface area contributed by atoms with Crippen LogP contribution in [0.4, 0.5) is 17.1 Å². The normalized spacial score (nSPS) is 12.7. The SMILES string of the molecule is CC1(C)c2ccccc2-c2ccc(N(c3ccc(-c4ccccc4)cc3)c3ccc(-c4ccc(-n5c6cc(C#N)cc7ccc8cc(C#N)cc5c8c76)cc4)cc3)cc21. The van der Waals surface area contributed by atoms with E-state index in [4.69, 9.17) is 0 Å².